The van der Waals surface area contributed by atoms with Gasteiger partial charge in [0.15, 0.2) is 5.69 Å². The molecule has 0 saturated heterocycles. The molecule has 3 aromatic rings. The molecule has 0 saturated carbocycles. The third-order valence-corrected chi connectivity index (χ3v) is 4.95. The minimum atomic E-state index is -1.24. The van der Waals surface area contributed by atoms with Crippen molar-refractivity contribution >= 4 is 18.0 Å². The third kappa shape index (κ3) is 5.79. The van der Waals surface area contributed by atoms with Crippen molar-refractivity contribution < 1.29 is 24.6 Å². The number of aromatic carboxylic acids is 1. The van der Waals surface area contributed by atoms with E-state index >= 15 is 0 Å². The summed E-state index contributed by atoms with van der Waals surface area (Å²) in [6, 6.07) is 17.9. The van der Waals surface area contributed by atoms with Gasteiger partial charge in [0.1, 0.15) is 0 Å². The number of nitrogens with one attached hydrogen (secondary N) is 1. The lowest BCUT2D eigenvalue weighted by Gasteiger charge is -2.21. The summed E-state index contributed by atoms with van der Waals surface area (Å²) in [5, 5.41) is 24.7. The molecule has 160 valence electrons. The van der Waals surface area contributed by atoms with Crippen LogP contribution in [-0.2, 0) is 11.2 Å². The van der Waals surface area contributed by atoms with Gasteiger partial charge < -0.3 is 15.5 Å². The van der Waals surface area contributed by atoms with Crippen molar-refractivity contribution in [2.24, 2.45) is 5.92 Å². The van der Waals surface area contributed by atoms with Gasteiger partial charge in [0, 0.05) is 12.2 Å². The molecule has 1 aromatic heterocycles. The van der Waals surface area contributed by atoms with Crippen molar-refractivity contribution in [2.75, 3.05) is 0 Å². The summed E-state index contributed by atoms with van der Waals surface area (Å²) < 4.78 is 0.903. The van der Waals surface area contributed by atoms with Gasteiger partial charge in [-0.05, 0) is 35.6 Å². The summed E-state index contributed by atoms with van der Waals surface area (Å²) in [5.74, 6) is -2.85. The molecule has 3 rings (SSSR count). The van der Waals surface area contributed by atoms with E-state index in [1.807, 2.05) is 54.6 Å². The SMILES string of the molecule is C[C@H](CC(Cc1ccc(-c2ccccc2)cc1)NC(=O)n1ccc(C(=O)O)n1)C(=O)O. The number of hydrogen-bond donors (Lipinski definition) is 3. The number of amides is 1. The molecule has 0 aliphatic rings. The highest BCUT2D eigenvalue weighted by molar-refractivity contribution is 5.86. The molecule has 0 fully saturated rings. The number of nitrogens with zero attached hydrogens (tertiary/aromatic N) is 2. The Balaban J connectivity index is 1.74. The lowest BCUT2D eigenvalue weighted by Crippen LogP contribution is -2.41. The summed E-state index contributed by atoms with van der Waals surface area (Å²) in [7, 11) is 0. The van der Waals surface area contributed by atoms with Crippen LogP contribution in [0.3, 0.4) is 0 Å². The second-order valence-corrected chi connectivity index (χ2v) is 7.34. The molecule has 0 spiro atoms. The highest BCUT2D eigenvalue weighted by Gasteiger charge is 2.22. The molecule has 2 aromatic carbocycles. The molecule has 2 atom stereocenters. The molecular weight excluding hydrogens is 398 g/mol. The zero-order valence-corrected chi connectivity index (χ0v) is 16.9. The molecule has 1 amide bonds. The number of carbonyl (C=O) groups excluding carboxylic acids is 1. The maximum Gasteiger partial charge on any atom is 0.356 e. The summed E-state index contributed by atoms with van der Waals surface area (Å²) in [4.78, 5) is 34.8. The first kappa shape index (κ1) is 21.8. The summed E-state index contributed by atoms with van der Waals surface area (Å²) >= 11 is 0. The number of carboxylic acid groups (broad SMARTS) is 2. The molecular formula is C23H23N3O5. The van der Waals surface area contributed by atoms with Crippen LogP contribution in [0.15, 0.2) is 66.9 Å². The van der Waals surface area contributed by atoms with Crippen LogP contribution in [-0.4, -0.2) is 44.0 Å². The molecule has 8 nitrogen and oxygen atoms in total. The second kappa shape index (κ2) is 9.71. The average Bonchev–Trinajstić information content (AvgIpc) is 3.25. The lowest BCUT2D eigenvalue weighted by molar-refractivity contribution is -0.141. The Bertz CT molecular complexity index is 1060. The van der Waals surface area contributed by atoms with Gasteiger partial charge in [-0.15, -0.1) is 0 Å². The summed E-state index contributed by atoms with van der Waals surface area (Å²) in [6.07, 6.45) is 1.89. The van der Waals surface area contributed by atoms with Crippen LogP contribution < -0.4 is 5.32 Å². The van der Waals surface area contributed by atoms with Crippen molar-refractivity contribution in [2.45, 2.75) is 25.8 Å². The van der Waals surface area contributed by atoms with E-state index in [0.29, 0.717) is 6.42 Å². The predicted octanol–water partition coefficient (Wildman–Crippen LogP) is 3.53. The van der Waals surface area contributed by atoms with Crippen LogP contribution in [0.1, 0.15) is 29.4 Å². The quantitative estimate of drug-likeness (QED) is 0.512. The minimum absolute atomic E-state index is 0.217. The van der Waals surface area contributed by atoms with Gasteiger partial charge in [-0.25, -0.2) is 9.59 Å². The number of carboxylic acids is 2. The van der Waals surface area contributed by atoms with Gasteiger partial charge in [-0.3, -0.25) is 4.79 Å². The Kier molecular flexibility index (Phi) is 6.81. The number of aromatic nitrogens is 2. The topological polar surface area (TPSA) is 122 Å². The zero-order valence-electron chi connectivity index (χ0n) is 16.9. The third-order valence-electron chi connectivity index (χ3n) is 4.95. The Hall–Kier alpha value is -3.94. The molecule has 31 heavy (non-hydrogen) atoms. The van der Waals surface area contributed by atoms with Crippen molar-refractivity contribution in [1.29, 1.82) is 0 Å². The number of rotatable bonds is 8. The molecule has 8 heteroatoms. The number of carbonyl (C=O) groups is 3. The van der Waals surface area contributed by atoms with Gasteiger partial charge in [0.05, 0.1) is 5.92 Å². The Morgan fingerprint density at radius 1 is 0.968 bits per heavy atom. The smallest absolute Gasteiger partial charge is 0.356 e. The summed E-state index contributed by atoms with van der Waals surface area (Å²) in [6.45, 7) is 1.58. The van der Waals surface area contributed by atoms with Crippen molar-refractivity contribution in [1.82, 2.24) is 15.1 Å². The van der Waals surface area contributed by atoms with Crippen LogP contribution in [0.2, 0.25) is 0 Å². The number of aliphatic carboxylic acids is 1. The largest absolute Gasteiger partial charge is 0.481 e. The van der Waals surface area contributed by atoms with Crippen LogP contribution in [0.25, 0.3) is 11.1 Å². The number of hydrogen-bond acceptors (Lipinski definition) is 4. The Morgan fingerprint density at radius 2 is 1.61 bits per heavy atom. The first-order valence-corrected chi connectivity index (χ1v) is 9.80. The van der Waals surface area contributed by atoms with E-state index < -0.39 is 29.9 Å². The van der Waals surface area contributed by atoms with Crippen LogP contribution in [0, 0.1) is 5.92 Å². The maximum atomic E-state index is 12.5. The van der Waals surface area contributed by atoms with Gasteiger partial charge in [-0.2, -0.15) is 9.78 Å². The zero-order chi connectivity index (χ0) is 22.4. The van der Waals surface area contributed by atoms with E-state index in [4.69, 9.17) is 5.11 Å². The van der Waals surface area contributed by atoms with Crippen LogP contribution in [0.5, 0.6) is 0 Å². The first-order valence-electron chi connectivity index (χ1n) is 9.80. The normalized spacial score (nSPS) is 12.7. The molecule has 1 heterocycles. The molecule has 3 N–H and O–H groups in total. The lowest BCUT2D eigenvalue weighted by atomic mass is 9.95. The fourth-order valence-corrected chi connectivity index (χ4v) is 3.26. The molecule has 0 aliphatic heterocycles. The minimum Gasteiger partial charge on any atom is -0.481 e. The average molecular weight is 421 g/mol. The van der Waals surface area contributed by atoms with E-state index in [2.05, 4.69) is 10.4 Å². The van der Waals surface area contributed by atoms with Gasteiger partial charge in [0.25, 0.3) is 0 Å². The van der Waals surface area contributed by atoms with E-state index in [1.165, 1.54) is 12.3 Å². The highest BCUT2D eigenvalue weighted by atomic mass is 16.4. The van der Waals surface area contributed by atoms with E-state index in [-0.39, 0.29) is 12.1 Å². The van der Waals surface area contributed by atoms with Gasteiger partial charge >= 0.3 is 18.0 Å². The number of benzene rings is 2. The van der Waals surface area contributed by atoms with E-state index in [1.54, 1.807) is 6.92 Å². The fraction of sp³-hybridized carbons (Fsp3) is 0.217. The summed E-state index contributed by atoms with van der Waals surface area (Å²) in [5.41, 5.74) is 2.84. The van der Waals surface area contributed by atoms with E-state index in [0.717, 1.165) is 21.4 Å². The van der Waals surface area contributed by atoms with Crippen molar-refractivity contribution in [3.8, 4) is 11.1 Å². The van der Waals surface area contributed by atoms with Gasteiger partial charge in [-0.1, -0.05) is 61.5 Å². The molecule has 0 radical (unpaired) electrons. The van der Waals surface area contributed by atoms with Crippen LogP contribution in [0.4, 0.5) is 4.79 Å². The Labute approximate surface area is 179 Å². The molecule has 0 aliphatic carbocycles. The second-order valence-electron chi connectivity index (χ2n) is 7.34. The van der Waals surface area contributed by atoms with Gasteiger partial charge in [0.2, 0.25) is 0 Å². The first-order chi connectivity index (χ1) is 14.8. The predicted molar refractivity (Wildman–Crippen MR) is 114 cm³/mol. The maximum absolute atomic E-state index is 12.5. The Morgan fingerprint density at radius 3 is 2.19 bits per heavy atom. The fourth-order valence-electron chi connectivity index (χ4n) is 3.26. The standard InChI is InChI=1S/C23H23N3O5/c1-15(21(27)28)13-19(24-23(31)26-12-11-20(25-26)22(29)30)14-16-7-9-18(10-8-16)17-5-3-2-4-6-17/h2-12,15,19H,13-14H2,1H3,(H,24,31)(H,27,28)(H,29,30)/t15-,19?/m1/s1. The molecule has 0 bridgehead atoms. The van der Waals surface area contributed by atoms with Crippen molar-refractivity contribution in [3.63, 3.8) is 0 Å². The van der Waals surface area contributed by atoms with E-state index in [9.17, 15) is 19.5 Å². The monoisotopic (exact) mass is 421 g/mol. The van der Waals surface area contributed by atoms with Crippen LogP contribution >= 0.6 is 0 Å². The highest BCUT2D eigenvalue weighted by Crippen LogP contribution is 2.20. The molecule has 1 unspecified atom stereocenters. The van der Waals surface area contributed by atoms with Crippen molar-refractivity contribution in [3.05, 3.63) is 78.1 Å².